The molecule has 1 saturated heterocycles. The first kappa shape index (κ1) is 23.2. The van der Waals surface area contributed by atoms with Crippen LogP contribution in [-0.4, -0.2) is 37.3 Å². The van der Waals surface area contributed by atoms with Gasteiger partial charge < -0.3 is 10.2 Å². The molecule has 1 aliphatic rings. The van der Waals surface area contributed by atoms with Gasteiger partial charge in [0, 0.05) is 36.1 Å². The number of primary sulfonamides is 1. The third-order valence-corrected chi connectivity index (χ3v) is 6.95. The highest BCUT2D eigenvalue weighted by atomic mass is 35.5. The van der Waals surface area contributed by atoms with Gasteiger partial charge in [0.1, 0.15) is 0 Å². The molecular weight excluding hydrogens is 460 g/mol. The lowest BCUT2D eigenvalue weighted by atomic mass is 9.89. The zero-order chi connectivity index (χ0) is 23.6. The Hall–Kier alpha value is -2.94. The van der Waals surface area contributed by atoms with Crippen LogP contribution in [-0.2, 0) is 10.0 Å². The Kier molecular flexibility index (Phi) is 6.69. The summed E-state index contributed by atoms with van der Waals surface area (Å²) in [6.45, 7) is 3.08. The highest BCUT2D eigenvalue weighted by Gasteiger charge is 2.27. The molecule has 7 nitrogen and oxygen atoms in total. The average molecular weight is 485 g/mol. The fraction of sp³-hybridized carbons (Fsp3) is 0.250. The van der Waals surface area contributed by atoms with Crippen LogP contribution in [0.5, 0.6) is 0 Å². The lowest BCUT2D eigenvalue weighted by molar-refractivity contribution is 0.0713. The number of likely N-dealkylation sites (tertiary alicyclic amines) is 1. The minimum absolute atomic E-state index is 0.205. The van der Waals surface area contributed by atoms with Crippen molar-refractivity contribution in [2.45, 2.75) is 30.7 Å². The fourth-order valence-electron chi connectivity index (χ4n) is 4.09. The van der Waals surface area contributed by atoms with Crippen LogP contribution in [0.3, 0.4) is 0 Å². The Morgan fingerprint density at radius 2 is 1.79 bits per heavy atom. The summed E-state index contributed by atoms with van der Waals surface area (Å²) in [6.07, 6.45) is 2.99. The smallest absolute Gasteiger partial charge is 0.257 e. The summed E-state index contributed by atoms with van der Waals surface area (Å²) in [7, 11) is -4.04. The van der Waals surface area contributed by atoms with E-state index in [0.29, 0.717) is 35.4 Å². The van der Waals surface area contributed by atoms with Gasteiger partial charge in [-0.1, -0.05) is 41.9 Å². The topological polar surface area (TPSA) is 105 Å². The highest BCUT2D eigenvalue weighted by Crippen LogP contribution is 2.31. The number of sulfonamides is 1. The Bertz CT molecular complexity index is 1270. The standard InChI is InChI=1S/C24H25ClN4O3S/c1-16-13-19(25)7-8-21(16)28-22-14-23(33(26,31)32)27-15-20(22)24(30)29-11-9-18(10-12-29)17-5-3-2-4-6-17/h2-8,13-15,18H,9-12H2,1H3,(H,27,28)(H2,26,31,32). The number of rotatable bonds is 5. The van der Waals surface area contributed by atoms with Crippen LogP contribution in [0.25, 0.3) is 0 Å². The molecule has 33 heavy (non-hydrogen) atoms. The quantitative estimate of drug-likeness (QED) is 0.556. The Labute approximate surface area is 198 Å². The van der Waals surface area contributed by atoms with E-state index in [1.165, 1.54) is 17.8 Å². The maximum Gasteiger partial charge on any atom is 0.257 e. The van der Waals surface area contributed by atoms with Gasteiger partial charge in [0.2, 0.25) is 0 Å². The second kappa shape index (κ2) is 9.51. The first-order chi connectivity index (χ1) is 15.7. The summed E-state index contributed by atoms with van der Waals surface area (Å²) in [5.41, 5.74) is 3.44. The molecule has 0 spiro atoms. The number of nitrogens with zero attached hydrogens (tertiary/aromatic N) is 2. The number of amides is 1. The molecule has 0 unspecified atom stereocenters. The molecule has 0 radical (unpaired) electrons. The van der Waals surface area contributed by atoms with Gasteiger partial charge in [-0.15, -0.1) is 0 Å². The van der Waals surface area contributed by atoms with E-state index in [-0.39, 0.29) is 16.5 Å². The molecule has 9 heteroatoms. The maximum absolute atomic E-state index is 13.4. The van der Waals surface area contributed by atoms with Crippen molar-refractivity contribution in [3.63, 3.8) is 0 Å². The third kappa shape index (κ3) is 5.35. The second-order valence-corrected chi connectivity index (χ2v) is 10.1. The molecular formula is C24H25ClN4O3S. The maximum atomic E-state index is 13.4. The number of piperidine rings is 1. The number of aryl methyl sites for hydroxylation is 1. The summed E-state index contributed by atoms with van der Waals surface area (Å²) in [5, 5.41) is 8.72. The Morgan fingerprint density at radius 3 is 2.42 bits per heavy atom. The van der Waals surface area contributed by atoms with Gasteiger partial charge in [-0.25, -0.2) is 18.5 Å². The molecule has 3 N–H and O–H groups in total. The number of pyridine rings is 1. The van der Waals surface area contributed by atoms with Gasteiger partial charge in [0.15, 0.2) is 5.03 Å². The van der Waals surface area contributed by atoms with E-state index < -0.39 is 10.0 Å². The number of anilines is 2. The summed E-state index contributed by atoms with van der Waals surface area (Å²) >= 11 is 6.05. The molecule has 0 saturated carbocycles. The zero-order valence-electron chi connectivity index (χ0n) is 18.2. The number of nitrogens with one attached hydrogen (secondary N) is 1. The van der Waals surface area contributed by atoms with Crippen LogP contribution in [0.2, 0.25) is 5.02 Å². The van der Waals surface area contributed by atoms with Gasteiger partial charge in [-0.2, -0.15) is 0 Å². The van der Waals surface area contributed by atoms with Gasteiger partial charge in [-0.05, 0) is 55.0 Å². The van der Waals surface area contributed by atoms with Crippen molar-refractivity contribution >= 4 is 38.9 Å². The molecule has 172 valence electrons. The largest absolute Gasteiger partial charge is 0.355 e. The van der Waals surface area contributed by atoms with Crippen molar-refractivity contribution in [1.82, 2.24) is 9.88 Å². The van der Waals surface area contributed by atoms with Gasteiger partial charge in [-0.3, -0.25) is 4.79 Å². The predicted octanol–water partition coefficient (Wildman–Crippen LogP) is 4.45. The number of nitrogens with two attached hydrogens (primary N) is 1. The third-order valence-electron chi connectivity index (χ3n) is 5.91. The van der Waals surface area contributed by atoms with E-state index in [9.17, 15) is 13.2 Å². The number of hydrogen-bond acceptors (Lipinski definition) is 5. The van der Waals surface area contributed by atoms with Crippen LogP contribution in [0.4, 0.5) is 11.4 Å². The van der Waals surface area contributed by atoms with Crippen molar-refractivity contribution < 1.29 is 13.2 Å². The normalized spacial score (nSPS) is 14.8. The molecule has 1 aromatic heterocycles. The number of benzene rings is 2. The van der Waals surface area contributed by atoms with Gasteiger partial charge in [0.05, 0.1) is 11.3 Å². The molecule has 1 aliphatic heterocycles. The van der Waals surface area contributed by atoms with E-state index in [1.54, 1.807) is 23.1 Å². The number of carbonyl (C=O) groups excluding carboxylic acids is 1. The molecule has 0 aliphatic carbocycles. The van der Waals surface area contributed by atoms with Gasteiger partial charge >= 0.3 is 0 Å². The first-order valence-electron chi connectivity index (χ1n) is 10.6. The van der Waals surface area contributed by atoms with E-state index in [1.807, 2.05) is 25.1 Å². The number of hydrogen-bond donors (Lipinski definition) is 2. The zero-order valence-corrected chi connectivity index (χ0v) is 19.7. The van der Waals surface area contributed by atoms with Crippen LogP contribution in [0.15, 0.2) is 65.8 Å². The average Bonchev–Trinajstić information content (AvgIpc) is 2.80. The van der Waals surface area contributed by atoms with E-state index >= 15 is 0 Å². The molecule has 1 fully saturated rings. The van der Waals surface area contributed by atoms with Crippen LogP contribution in [0.1, 0.15) is 40.2 Å². The molecule has 3 aromatic rings. The second-order valence-electron chi connectivity index (χ2n) is 8.17. The molecule has 2 heterocycles. The minimum atomic E-state index is -4.04. The van der Waals surface area contributed by atoms with Crippen molar-refractivity contribution in [3.8, 4) is 0 Å². The molecule has 1 amide bonds. The highest BCUT2D eigenvalue weighted by molar-refractivity contribution is 7.89. The van der Waals surface area contributed by atoms with Crippen LogP contribution in [0, 0.1) is 6.92 Å². The van der Waals surface area contributed by atoms with Crippen LogP contribution >= 0.6 is 11.6 Å². The molecule has 2 aromatic carbocycles. The monoisotopic (exact) mass is 484 g/mol. The summed E-state index contributed by atoms with van der Waals surface area (Å²) in [6, 6.07) is 16.9. The SMILES string of the molecule is Cc1cc(Cl)ccc1Nc1cc(S(N)(=O)=O)ncc1C(=O)N1CCC(c2ccccc2)CC1. The predicted molar refractivity (Wildman–Crippen MR) is 129 cm³/mol. The lowest BCUT2D eigenvalue weighted by Gasteiger charge is -2.32. The van der Waals surface area contributed by atoms with Crippen molar-refractivity contribution in [3.05, 3.63) is 82.5 Å². The Morgan fingerprint density at radius 1 is 1.09 bits per heavy atom. The summed E-state index contributed by atoms with van der Waals surface area (Å²) < 4.78 is 23.8. The summed E-state index contributed by atoms with van der Waals surface area (Å²) in [5.74, 6) is 0.205. The summed E-state index contributed by atoms with van der Waals surface area (Å²) in [4.78, 5) is 19.1. The first-order valence-corrected chi connectivity index (χ1v) is 12.5. The van der Waals surface area contributed by atoms with E-state index in [2.05, 4.69) is 22.4 Å². The van der Waals surface area contributed by atoms with Gasteiger partial charge in [0.25, 0.3) is 15.9 Å². The number of aromatic nitrogens is 1. The number of halogens is 1. The molecule has 0 bridgehead atoms. The molecule has 4 rings (SSSR count). The minimum Gasteiger partial charge on any atom is -0.355 e. The van der Waals surface area contributed by atoms with Crippen molar-refractivity contribution in [1.29, 1.82) is 0 Å². The van der Waals surface area contributed by atoms with E-state index in [4.69, 9.17) is 16.7 Å². The van der Waals surface area contributed by atoms with Crippen molar-refractivity contribution in [2.75, 3.05) is 18.4 Å². The van der Waals surface area contributed by atoms with Crippen molar-refractivity contribution in [2.24, 2.45) is 5.14 Å². The lowest BCUT2D eigenvalue weighted by Crippen LogP contribution is -2.38. The van der Waals surface area contributed by atoms with Crippen LogP contribution < -0.4 is 10.5 Å². The number of carbonyl (C=O) groups is 1. The molecule has 0 atom stereocenters. The van der Waals surface area contributed by atoms with E-state index in [0.717, 1.165) is 18.4 Å². The Balaban J connectivity index is 1.60. The fourth-order valence-corrected chi connectivity index (χ4v) is 4.80.